The molecule has 100 valence electrons. The first kappa shape index (κ1) is 15.9. The van der Waals surface area contributed by atoms with Crippen molar-refractivity contribution in [2.75, 3.05) is 20.7 Å². The molecule has 17 heavy (non-hydrogen) atoms. The van der Waals surface area contributed by atoms with Crippen molar-refractivity contribution in [1.82, 2.24) is 10.2 Å². The average molecular weight is 246 g/mol. The zero-order valence-electron chi connectivity index (χ0n) is 10.7. The van der Waals surface area contributed by atoms with Gasteiger partial charge in [-0.1, -0.05) is 0 Å². The van der Waals surface area contributed by atoms with Crippen LogP contribution in [0.5, 0.6) is 0 Å². The number of aliphatic hydroxyl groups is 1. The molecule has 0 aromatic heterocycles. The fraction of sp³-hybridized carbons (Fsp3) is 0.818. The van der Waals surface area contributed by atoms with Gasteiger partial charge in [-0.25, -0.2) is 4.79 Å². The lowest BCUT2D eigenvalue weighted by molar-refractivity contribution is -0.108. The van der Waals surface area contributed by atoms with E-state index < -0.39 is 0 Å². The van der Waals surface area contributed by atoms with Gasteiger partial charge in [0.15, 0.2) is 0 Å². The first-order chi connectivity index (χ1) is 8.19. The van der Waals surface area contributed by atoms with Crippen molar-refractivity contribution in [3.8, 4) is 0 Å². The minimum absolute atomic E-state index is 0.181. The summed E-state index contributed by atoms with van der Waals surface area (Å²) in [6.07, 6.45) is 2.97. The summed E-state index contributed by atoms with van der Waals surface area (Å²) in [5, 5.41) is 9.56. The van der Waals surface area contributed by atoms with Crippen LogP contribution >= 0.6 is 0 Å². The molecule has 2 amide bonds. The first-order valence-corrected chi connectivity index (χ1v) is 5.71. The molecule has 0 unspecified atom stereocenters. The van der Waals surface area contributed by atoms with Gasteiger partial charge in [-0.05, 0) is 19.8 Å². The van der Waals surface area contributed by atoms with Crippen molar-refractivity contribution < 1.29 is 19.4 Å². The smallest absolute Gasteiger partial charge is 0.319 e. The second-order valence-corrected chi connectivity index (χ2v) is 3.68. The number of carbonyl (C=O) groups is 2. The minimum atomic E-state index is -0.184. The average Bonchev–Trinajstić information content (AvgIpc) is 2.78. The summed E-state index contributed by atoms with van der Waals surface area (Å²) in [7, 11) is 2.58. The Balaban J connectivity index is 0.00000121. The van der Waals surface area contributed by atoms with E-state index in [9.17, 15) is 9.59 Å². The van der Waals surface area contributed by atoms with Gasteiger partial charge in [0.05, 0.1) is 6.10 Å². The number of nitrogens with one attached hydrogen (secondary N) is 1. The third kappa shape index (κ3) is 5.14. The second kappa shape index (κ2) is 8.95. The normalized spacial score (nSPS) is 22.4. The molecule has 0 spiro atoms. The molecule has 1 aliphatic rings. The number of amides is 2. The maximum Gasteiger partial charge on any atom is 0.319 e. The fourth-order valence-corrected chi connectivity index (χ4v) is 1.72. The van der Waals surface area contributed by atoms with Crippen molar-refractivity contribution in [3.63, 3.8) is 0 Å². The minimum Gasteiger partial charge on any atom is -0.400 e. The maximum atomic E-state index is 11.5. The van der Waals surface area contributed by atoms with Gasteiger partial charge >= 0.3 is 6.03 Å². The number of carbonyl (C=O) groups excluding carboxylic acids is 2. The van der Waals surface area contributed by atoms with Gasteiger partial charge in [0, 0.05) is 27.1 Å². The monoisotopic (exact) mass is 246 g/mol. The van der Waals surface area contributed by atoms with Crippen molar-refractivity contribution >= 4 is 12.3 Å². The van der Waals surface area contributed by atoms with Gasteiger partial charge in [0.25, 0.3) is 0 Å². The fourth-order valence-electron chi connectivity index (χ4n) is 1.72. The molecule has 0 bridgehead atoms. The standard InChI is InChI=1S/C10H18N2O3.CH4O/c1-8-4-5-9(15-8)12(6-3-7-13)10(14)11-2;1-2/h7-9H,3-6H2,1-2H3,(H,11,14);2H,1H3/t8-,9-;/m0./s1. The lowest BCUT2D eigenvalue weighted by Crippen LogP contribution is -2.45. The van der Waals surface area contributed by atoms with E-state index in [1.165, 1.54) is 0 Å². The van der Waals surface area contributed by atoms with Crippen LogP contribution in [0.4, 0.5) is 4.79 Å². The molecule has 0 aromatic carbocycles. The van der Waals surface area contributed by atoms with Crippen LogP contribution in [0.1, 0.15) is 26.2 Å². The third-order valence-electron chi connectivity index (χ3n) is 2.52. The Morgan fingerprint density at radius 2 is 2.18 bits per heavy atom. The molecular weight excluding hydrogens is 224 g/mol. The van der Waals surface area contributed by atoms with E-state index in [0.29, 0.717) is 13.0 Å². The molecule has 1 saturated heterocycles. The van der Waals surface area contributed by atoms with Crippen LogP contribution in [-0.4, -0.2) is 55.4 Å². The van der Waals surface area contributed by atoms with E-state index in [1.807, 2.05) is 6.92 Å². The summed E-state index contributed by atoms with van der Waals surface area (Å²) < 4.78 is 5.59. The number of nitrogens with zero attached hydrogens (tertiary/aromatic N) is 1. The molecular formula is C11H22N2O4. The van der Waals surface area contributed by atoms with Crippen molar-refractivity contribution in [2.45, 2.75) is 38.5 Å². The Hall–Kier alpha value is -1.14. The van der Waals surface area contributed by atoms with Crippen LogP contribution in [0.25, 0.3) is 0 Å². The summed E-state index contributed by atoms with van der Waals surface area (Å²) in [5.41, 5.74) is 0. The van der Waals surface area contributed by atoms with Crippen LogP contribution < -0.4 is 5.32 Å². The molecule has 0 aliphatic carbocycles. The van der Waals surface area contributed by atoms with Crippen molar-refractivity contribution in [2.24, 2.45) is 0 Å². The van der Waals surface area contributed by atoms with Crippen LogP contribution in [0.2, 0.25) is 0 Å². The molecule has 2 atom stereocenters. The predicted molar refractivity (Wildman–Crippen MR) is 63.6 cm³/mol. The quantitative estimate of drug-likeness (QED) is 0.702. The molecule has 0 saturated carbocycles. The van der Waals surface area contributed by atoms with Crippen LogP contribution in [0, 0.1) is 0 Å². The first-order valence-electron chi connectivity index (χ1n) is 5.71. The van der Waals surface area contributed by atoms with Gasteiger partial charge in [0.1, 0.15) is 12.5 Å². The molecule has 1 fully saturated rings. The van der Waals surface area contributed by atoms with E-state index in [0.717, 1.165) is 26.2 Å². The van der Waals surface area contributed by atoms with E-state index in [1.54, 1.807) is 11.9 Å². The Morgan fingerprint density at radius 1 is 1.53 bits per heavy atom. The lowest BCUT2D eigenvalue weighted by Gasteiger charge is -2.27. The number of hydrogen-bond acceptors (Lipinski definition) is 4. The SMILES string of the molecule is CNC(=O)N(CCC=O)[C@@H]1CC[C@H](C)O1.CO. The number of aliphatic hydroxyl groups excluding tert-OH is 1. The highest BCUT2D eigenvalue weighted by Crippen LogP contribution is 2.22. The highest BCUT2D eigenvalue weighted by molar-refractivity contribution is 5.74. The Labute approximate surface area is 102 Å². The molecule has 6 nitrogen and oxygen atoms in total. The Morgan fingerprint density at radius 3 is 2.59 bits per heavy atom. The topological polar surface area (TPSA) is 78.9 Å². The molecule has 6 heteroatoms. The summed E-state index contributed by atoms with van der Waals surface area (Å²) >= 11 is 0. The van der Waals surface area contributed by atoms with E-state index >= 15 is 0 Å². The number of aldehydes is 1. The Bertz CT molecular complexity index is 236. The zero-order valence-corrected chi connectivity index (χ0v) is 10.7. The Kier molecular flexibility index (Phi) is 8.35. The number of ether oxygens (including phenoxy) is 1. The van der Waals surface area contributed by atoms with E-state index in [-0.39, 0.29) is 18.4 Å². The summed E-state index contributed by atoms with van der Waals surface area (Å²) in [6, 6.07) is -0.184. The highest BCUT2D eigenvalue weighted by atomic mass is 16.5. The number of rotatable bonds is 4. The van der Waals surface area contributed by atoms with E-state index in [4.69, 9.17) is 9.84 Å². The largest absolute Gasteiger partial charge is 0.400 e. The highest BCUT2D eigenvalue weighted by Gasteiger charge is 2.29. The molecule has 0 radical (unpaired) electrons. The van der Waals surface area contributed by atoms with Gasteiger partial charge in [-0.2, -0.15) is 0 Å². The molecule has 0 aromatic rings. The van der Waals surface area contributed by atoms with Gasteiger partial charge < -0.3 is 20.0 Å². The third-order valence-corrected chi connectivity index (χ3v) is 2.52. The van der Waals surface area contributed by atoms with Crippen molar-refractivity contribution in [3.05, 3.63) is 0 Å². The molecule has 1 rings (SSSR count). The number of hydrogen-bond donors (Lipinski definition) is 2. The second-order valence-electron chi connectivity index (χ2n) is 3.68. The summed E-state index contributed by atoms with van der Waals surface area (Å²) in [6.45, 7) is 2.41. The van der Waals surface area contributed by atoms with Crippen LogP contribution in [0.3, 0.4) is 0 Å². The molecule has 2 N–H and O–H groups in total. The lowest BCUT2D eigenvalue weighted by atomic mass is 10.2. The van der Waals surface area contributed by atoms with Gasteiger partial charge in [-0.15, -0.1) is 0 Å². The number of urea groups is 1. The summed E-state index contributed by atoms with van der Waals surface area (Å²) in [4.78, 5) is 23.4. The summed E-state index contributed by atoms with van der Waals surface area (Å²) in [5.74, 6) is 0. The molecule has 1 aliphatic heterocycles. The molecule has 1 heterocycles. The van der Waals surface area contributed by atoms with Crippen molar-refractivity contribution in [1.29, 1.82) is 0 Å². The van der Waals surface area contributed by atoms with Gasteiger partial charge in [0.2, 0.25) is 0 Å². The van der Waals surface area contributed by atoms with Crippen LogP contribution in [0.15, 0.2) is 0 Å². The maximum absolute atomic E-state index is 11.5. The predicted octanol–water partition coefficient (Wildman–Crippen LogP) is 0.350. The zero-order chi connectivity index (χ0) is 13.3. The van der Waals surface area contributed by atoms with Crippen LogP contribution in [-0.2, 0) is 9.53 Å². The van der Waals surface area contributed by atoms with E-state index in [2.05, 4.69) is 5.32 Å². The van der Waals surface area contributed by atoms with Gasteiger partial charge in [-0.3, -0.25) is 4.90 Å².